The molecule has 0 radical (unpaired) electrons. The van der Waals surface area contributed by atoms with Crippen molar-refractivity contribution in [2.24, 2.45) is 5.92 Å². The lowest BCUT2D eigenvalue weighted by molar-refractivity contribution is 0.0616. The van der Waals surface area contributed by atoms with Crippen LogP contribution in [0.3, 0.4) is 0 Å². The zero-order valence-electron chi connectivity index (χ0n) is 18.1. The number of amides is 1. The van der Waals surface area contributed by atoms with Gasteiger partial charge in [0.2, 0.25) is 0 Å². The maximum Gasteiger partial charge on any atom is 0.251 e. The molecule has 2 aliphatic rings. The van der Waals surface area contributed by atoms with Crippen LogP contribution in [0.25, 0.3) is 0 Å². The molecule has 0 spiro atoms. The topological polar surface area (TPSA) is 41.6 Å². The summed E-state index contributed by atoms with van der Waals surface area (Å²) in [6.07, 6.45) is 4.20. The second-order valence-corrected chi connectivity index (χ2v) is 9.14. The summed E-state index contributed by atoms with van der Waals surface area (Å²) in [4.78, 5) is 14.9. The number of likely N-dealkylation sites (tertiary alicyclic amines) is 1. The highest BCUT2D eigenvalue weighted by atomic mass is 35.5. The highest BCUT2D eigenvalue weighted by Crippen LogP contribution is 2.36. The number of nitrogens with one attached hydrogen (secondary N) is 1. The first-order chi connectivity index (χ1) is 15.6. The molecular formula is C25H29ClF2N2O2. The summed E-state index contributed by atoms with van der Waals surface area (Å²) < 4.78 is 32.1. The smallest absolute Gasteiger partial charge is 0.251 e. The van der Waals surface area contributed by atoms with Crippen molar-refractivity contribution in [3.05, 3.63) is 63.7 Å². The minimum Gasteiger partial charge on any atom is -0.489 e. The summed E-state index contributed by atoms with van der Waals surface area (Å²) in [5, 5.41) is 3.56. The third-order valence-electron chi connectivity index (χ3n) is 6.39. The molecule has 1 saturated heterocycles. The molecule has 0 bridgehead atoms. The average Bonchev–Trinajstić information content (AvgIpc) is 3.30. The largest absolute Gasteiger partial charge is 0.489 e. The Balaban J connectivity index is 1.25. The molecule has 2 aromatic carbocycles. The van der Waals surface area contributed by atoms with E-state index in [1.54, 1.807) is 0 Å². The molecule has 1 saturated carbocycles. The Labute approximate surface area is 192 Å². The summed E-state index contributed by atoms with van der Waals surface area (Å²) in [5.41, 5.74) is 1.95. The molecule has 2 fully saturated rings. The molecule has 2 aromatic rings. The first-order valence-electron chi connectivity index (χ1n) is 11.3. The third-order valence-corrected chi connectivity index (χ3v) is 6.81. The van der Waals surface area contributed by atoms with E-state index < -0.39 is 13.3 Å². The summed E-state index contributed by atoms with van der Waals surface area (Å²) in [6.45, 7) is 2.10. The number of carbonyl (C=O) groups excluding carboxylic acids is 1. The molecule has 1 heterocycles. The van der Waals surface area contributed by atoms with Crippen molar-refractivity contribution < 1.29 is 18.3 Å². The third kappa shape index (κ3) is 5.41. The van der Waals surface area contributed by atoms with Crippen LogP contribution in [0.4, 0.5) is 8.78 Å². The molecule has 0 aromatic heterocycles. The van der Waals surface area contributed by atoms with Crippen molar-refractivity contribution in [1.29, 1.82) is 0 Å². The molecule has 32 heavy (non-hydrogen) atoms. The van der Waals surface area contributed by atoms with Gasteiger partial charge >= 0.3 is 0 Å². The van der Waals surface area contributed by atoms with E-state index in [-0.39, 0.29) is 23.1 Å². The van der Waals surface area contributed by atoms with Crippen LogP contribution in [0, 0.1) is 5.92 Å². The monoisotopic (exact) mass is 462 g/mol. The van der Waals surface area contributed by atoms with E-state index in [9.17, 15) is 13.6 Å². The molecule has 0 unspecified atom stereocenters. The van der Waals surface area contributed by atoms with Gasteiger partial charge in [0.05, 0.1) is 11.1 Å². The van der Waals surface area contributed by atoms with Crippen LogP contribution in [0.15, 0.2) is 36.4 Å². The molecule has 7 heteroatoms. The predicted molar refractivity (Wildman–Crippen MR) is 122 cm³/mol. The van der Waals surface area contributed by atoms with Gasteiger partial charge in [-0.2, -0.15) is 0 Å². The minimum atomic E-state index is -0.798. The molecular weight excluding hydrogens is 434 g/mol. The number of ether oxygens (including phenoxy) is 1. The molecule has 0 atom stereocenters. The van der Waals surface area contributed by atoms with Gasteiger partial charge in [-0.3, -0.25) is 9.69 Å². The summed E-state index contributed by atoms with van der Waals surface area (Å²) >= 11 is 6.61. The van der Waals surface area contributed by atoms with Crippen LogP contribution in [-0.4, -0.2) is 36.5 Å². The van der Waals surface area contributed by atoms with Crippen LogP contribution in [0.2, 0.25) is 5.02 Å². The van der Waals surface area contributed by atoms with E-state index in [0.717, 1.165) is 43.8 Å². The predicted octanol–water partition coefficient (Wildman–Crippen LogP) is 5.46. The number of alkyl halides is 2. The lowest BCUT2D eigenvalue weighted by atomic mass is 9.82. The number of carbonyl (C=O) groups is 1. The quantitative estimate of drug-likeness (QED) is 0.538. The average molecular weight is 463 g/mol. The van der Waals surface area contributed by atoms with Gasteiger partial charge in [0, 0.05) is 18.7 Å². The number of rotatable bonds is 9. The highest BCUT2D eigenvalue weighted by molar-refractivity contribution is 6.32. The van der Waals surface area contributed by atoms with Gasteiger partial charge in [-0.1, -0.05) is 29.8 Å². The molecule has 4 nitrogen and oxygen atoms in total. The first-order valence-corrected chi connectivity index (χ1v) is 11.6. The lowest BCUT2D eigenvalue weighted by Crippen LogP contribution is -2.41. The molecule has 1 aliphatic heterocycles. The normalized spacial score (nSPS) is 20.7. The van der Waals surface area contributed by atoms with Crippen LogP contribution in [0.5, 0.6) is 5.75 Å². The Kier molecular flexibility index (Phi) is 7.63. The van der Waals surface area contributed by atoms with Gasteiger partial charge in [0.1, 0.15) is 19.1 Å². The summed E-state index contributed by atoms with van der Waals surface area (Å²) in [6, 6.07) is 10.4. The number of halogens is 3. The van der Waals surface area contributed by atoms with Crippen LogP contribution in [-0.2, 0) is 19.9 Å². The fraction of sp³-hybridized carbons (Fsp3) is 0.480. The maximum absolute atomic E-state index is 13.2. The summed E-state index contributed by atoms with van der Waals surface area (Å²) in [5.74, 6) is 0.691. The van der Waals surface area contributed by atoms with E-state index in [4.69, 9.17) is 16.3 Å². The molecule has 4 rings (SSSR count). The van der Waals surface area contributed by atoms with Gasteiger partial charge in [0.15, 0.2) is 0 Å². The molecule has 1 amide bonds. The molecule has 172 valence electrons. The Morgan fingerprint density at radius 3 is 2.59 bits per heavy atom. The lowest BCUT2D eigenvalue weighted by Gasteiger charge is -2.35. The van der Waals surface area contributed by atoms with Gasteiger partial charge < -0.3 is 10.1 Å². The second kappa shape index (κ2) is 10.6. The van der Waals surface area contributed by atoms with Crippen LogP contribution in [0.1, 0.15) is 52.7 Å². The molecule has 1 aliphatic carbocycles. The van der Waals surface area contributed by atoms with Gasteiger partial charge in [0.25, 0.3) is 5.91 Å². The first kappa shape index (κ1) is 23.0. The van der Waals surface area contributed by atoms with E-state index in [1.807, 2.05) is 12.1 Å². The zero-order valence-corrected chi connectivity index (χ0v) is 18.8. The summed E-state index contributed by atoms with van der Waals surface area (Å²) in [7, 11) is 0. The van der Waals surface area contributed by atoms with E-state index >= 15 is 0 Å². The second-order valence-electron chi connectivity index (χ2n) is 8.76. The van der Waals surface area contributed by atoms with Crippen LogP contribution >= 0.6 is 11.6 Å². The zero-order chi connectivity index (χ0) is 22.5. The van der Waals surface area contributed by atoms with Crippen molar-refractivity contribution in [2.45, 2.75) is 51.7 Å². The van der Waals surface area contributed by atoms with Crippen molar-refractivity contribution in [1.82, 2.24) is 10.2 Å². The maximum atomic E-state index is 13.2. The Morgan fingerprint density at radius 2 is 1.88 bits per heavy atom. The number of hydrogen-bond acceptors (Lipinski definition) is 3. The van der Waals surface area contributed by atoms with Crippen molar-refractivity contribution in [3.63, 3.8) is 0 Å². The number of nitrogens with zero attached hydrogens (tertiary/aromatic N) is 1. The van der Waals surface area contributed by atoms with Gasteiger partial charge in [-0.15, -0.1) is 0 Å². The van der Waals surface area contributed by atoms with Crippen molar-refractivity contribution in [2.75, 3.05) is 19.6 Å². The Morgan fingerprint density at radius 1 is 1.09 bits per heavy atom. The number of benzene rings is 2. The highest BCUT2D eigenvalue weighted by Gasteiger charge is 2.32. The van der Waals surface area contributed by atoms with Gasteiger partial charge in [-0.05, 0) is 79.6 Å². The number of hydrogen-bond donors (Lipinski definition) is 1. The van der Waals surface area contributed by atoms with E-state index in [1.165, 1.54) is 31.0 Å². The van der Waals surface area contributed by atoms with Crippen molar-refractivity contribution in [3.8, 4) is 5.75 Å². The Bertz CT molecular complexity index is 944. The fourth-order valence-corrected chi connectivity index (χ4v) is 4.69. The van der Waals surface area contributed by atoms with E-state index in [0.29, 0.717) is 23.0 Å². The van der Waals surface area contributed by atoms with E-state index in [2.05, 4.69) is 16.3 Å². The van der Waals surface area contributed by atoms with Crippen LogP contribution < -0.4 is 10.1 Å². The van der Waals surface area contributed by atoms with Crippen molar-refractivity contribution >= 4 is 17.5 Å². The molecule has 1 N–H and O–H groups in total. The Hall–Kier alpha value is -2.18. The van der Waals surface area contributed by atoms with Gasteiger partial charge in [-0.25, -0.2) is 8.78 Å². The minimum absolute atomic E-state index is 0.0710. The standard InChI is InChI=1S/C25H29ClF2N2O2/c26-24-19(16-30-8-1-2-9-30)4-3-5-23(24)32-21-11-18(12-21)15-29-25(31)22-7-6-17(13-27)10-20(22)14-28/h3-7,10,18,21H,1-2,8-9,11-16H2,(H,29,31). The SMILES string of the molecule is O=C(NCC1CC(Oc2cccc(CN3CCCC3)c2Cl)C1)c1ccc(CF)cc1CF. The fourth-order valence-electron chi connectivity index (χ4n) is 4.46.